The fourth-order valence-electron chi connectivity index (χ4n) is 10.3. The highest BCUT2D eigenvalue weighted by molar-refractivity contribution is 8.69. The van der Waals surface area contributed by atoms with E-state index in [1.807, 2.05) is 45.2 Å². The average Bonchev–Trinajstić information content (AvgIpc) is 3.74. The number of aliphatic hydroxyl groups is 1. The first kappa shape index (κ1) is 48.6. The lowest BCUT2D eigenvalue weighted by Gasteiger charge is -2.56. The number of fused-ring (bicyclic) bond motifs is 2. The number of methoxy groups -OCH3 is 2. The Bertz CT molecular complexity index is 2180. The summed E-state index contributed by atoms with van der Waals surface area (Å²) in [6, 6.07) is 19.5. The first-order chi connectivity index (χ1) is 30.3. The summed E-state index contributed by atoms with van der Waals surface area (Å²) >= 11 is 20.6. The Morgan fingerprint density at radius 1 is 1.00 bits per heavy atom. The molecule has 342 valence electrons. The SMILES string of the molecule is CCOP(=S)(OCC)SCSc1cc(Cl)ccc1Cl.COC(=O)[C@H]1[C@@H](OC(=O)c2ccccc2)C[C@@H]2CC[C@H]1N2C.COc1ccc2c3c1O[C@H]1[C@@H](O)C=C[C@H]4[C@@H](C2)N(C)CC[C@@]341. The molecule has 2 aliphatic carbocycles. The van der Waals surface area contributed by atoms with E-state index in [0.717, 1.165) is 53.7 Å². The highest BCUT2D eigenvalue weighted by Gasteiger charge is 2.64. The van der Waals surface area contributed by atoms with Gasteiger partial charge in [0.2, 0.25) is 5.69 Å². The van der Waals surface area contributed by atoms with Gasteiger partial charge in [0, 0.05) is 51.4 Å². The van der Waals surface area contributed by atoms with Crippen molar-refractivity contribution in [2.45, 2.75) is 92.7 Å². The molecule has 0 radical (unpaired) electrons. The van der Waals surface area contributed by atoms with Crippen LogP contribution in [0.3, 0.4) is 0 Å². The maximum absolute atomic E-state index is 12.3. The molecule has 63 heavy (non-hydrogen) atoms. The number of rotatable bonds is 12. The van der Waals surface area contributed by atoms with Crippen molar-refractivity contribution in [3.05, 3.63) is 99.6 Å². The van der Waals surface area contributed by atoms with E-state index in [-0.39, 0.29) is 29.5 Å². The maximum atomic E-state index is 12.3. The molecule has 3 fully saturated rings. The van der Waals surface area contributed by atoms with E-state index in [2.05, 4.69) is 29.0 Å². The summed E-state index contributed by atoms with van der Waals surface area (Å²) in [4.78, 5) is 30.1. The van der Waals surface area contributed by atoms with Crippen molar-refractivity contribution in [3.63, 3.8) is 0 Å². The minimum atomic E-state index is -2.23. The lowest BCUT2D eigenvalue weighted by atomic mass is 9.53. The van der Waals surface area contributed by atoms with Crippen molar-refractivity contribution < 1.29 is 42.7 Å². The Balaban J connectivity index is 0.000000142. The number of carbonyl (C=O) groups is 2. The zero-order chi connectivity index (χ0) is 45.1. The van der Waals surface area contributed by atoms with Crippen LogP contribution >= 0.6 is 52.0 Å². The van der Waals surface area contributed by atoms with Crippen LogP contribution in [-0.2, 0) is 47.0 Å². The number of carbonyl (C=O) groups excluding carboxylic acids is 2. The molecule has 3 saturated heterocycles. The second kappa shape index (κ2) is 21.1. The molecule has 9 rings (SSSR count). The third-order valence-electron chi connectivity index (χ3n) is 13.2. The standard InChI is InChI=1S/C18H21NO3.C17H21NO4.C11H15Cl2O2PS3/c1-19-8-7-18-11-4-5-13(20)17(18)22-16-14(21-2)6-3-10(15(16)18)9-12(11)19;1-18-12-8-9-13(18)15(17(20)21-2)14(10-12)22-16(19)11-6-4-3-5-7-11;1-3-14-16(17,15-4-2)19-8-18-11-7-9(12)5-6-10(11)13/h3-6,11-13,17,20H,7-9H2,1-2H3;3-7,12-15H,8-10H2,1-2H3;5-7H,3-4,8H2,1-2H3/t11-,12+,13-,17-,18-;12-,13+,14-,15+;/m00./s1. The summed E-state index contributed by atoms with van der Waals surface area (Å²) in [5, 5.41) is 12.6. The van der Waals surface area contributed by atoms with Crippen molar-refractivity contribution in [3.8, 4) is 11.5 Å². The average molecular weight is 980 g/mol. The molecule has 0 aromatic heterocycles. The minimum Gasteiger partial charge on any atom is -0.493 e. The molecule has 17 heteroatoms. The van der Waals surface area contributed by atoms with Gasteiger partial charge in [0.15, 0.2) is 11.5 Å². The number of aliphatic hydroxyl groups excluding tert-OH is 1. The van der Waals surface area contributed by atoms with Crippen LogP contribution in [0.4, 0.5) is 0 Å². The Kier molecular flexibility index (Phi) is 16.3. The van der Waals surface area contributed by atoms with E-state index >= 15 is 0 Å². The highest BCUT2D eigenvalue weighted by atomic mass is 35.5. The zero-order valence-electron chi connectivity index (χ0n) is 36.4. The summed E-state index contributed by atoms with van der Waals surface area (Å²) in [6.45, 7) is 6.01. The van der Waals surface area contributed by atoms with Crippen molar-refractivity contribution in [2.75, 3.05) is 53.2 Å². The molecule has 3 aromatic carbocycles. The van der Waals surface area contributed by atoms with Gasteiger partial charge in [0.05, 0.1) is 43.1 Å². The first-order valence-corrected chi connectivity index (χ1v) is 27.4. The molecule has 1 spiro atoms. The van der Waals surface area contributed by atoms with Crippen molar-refractivity contribution in [1.29, 1.82) is 0 Å². The summed E-state index contributed by atoms with van der Waals surface area (Å²) in [7, 11) is 7.33. The molecule has 3 aromatic rings. The quantitative estimate of drug-likeness (QED) is 0.0611. The molecule has 11 nitrogen and oxygen atoms in total. The van der Waals surface area contributed by atoms with Gasteiger partial charge in [-0.25, -0.2) is 4.79 Å². The Morgan fingerprint density at radius 3 is 2.44 bits per heavy atom. The van der Waals surface area contributed by atoms with Gasteiger partial charge in [-0.1, -0.05) is 71.0 Å². The number of hydrogen-bond acceptors (Lipinski definition) is 14. The van der Waals surface area contributed by atoms with Crippen LogP contribution in [0, 0.1) is 11.8 Å². The Labute approximate surface area is 394 Å². The molecule has 4 aliphatic heterocycles. The van der Waals surface area contributed by atoms with Crippen LogP contribution in [-0.4, -0.2) is 116 Å². The number of halogens is 2. The van der Waals surface area contributed by atoms with Crippen molar-refractivity contribution in [1.82, 2.24) is 9.80 Å². The lowest BCUT2D eigenvalue weighted by molar-refractivity contribution is -0.156. The van der Waals surface area contributed by atoms with Gasteiger partial charge >= 0.3 is 11.9 Å². The highest BCUT2D eigenvalue weighted by Crippen LogP contribution is 2.63. The van der Waals surface area contributed by atoms with Crippen molar-refractivity contribution >= 4 is 75.8 Å². The van der Waals surface area contributed by atoms with E-state index in [0.29, 0.717) is 53.2 Å². The maximum Gasteiger partial charge on any atom is 0.338 e. The van der Waals surface area contributed by atoms with Crippen LogP contribution in [0.25, 0.3) is 0 Å². The number of hydrogen-bond donors (Lipinski definition) is 1. The summed E-state index contributed by atoms with van der Waals surface area (Å²) < 4.78 is 33.6. The van der Waals surface area contributed by atoms with Crippen molar-refractivity contribution in [2.24, 2.45) is 11.8 Å². The van der Waals surface area contributed by atoms with Crippen LogP contribution in [0.5, 0.6) is 11.5 Å². The minimum absolute atomic E-state index is 0.0806. The third kappa shape index (κ3) is 10.0. The number of likely N-dealkylation sites (N-methyl/N-ethyl adjacent to an activating group) is 1. The molecule has 0 unspecified atom stereocenters. The number of esters is 2. The number of ether oxygens (including phenoxy) is 4. The second-order valence-corrected chi connectivity index (χ2v) is 25.0. The fourth-order valence-corrected chi connectivity index (χ4v) is 17.9. The molecule has 4 heterocycles. The van der Waals surface area contributed by atoms with Gasteiger partial charge in [0.25, 0.3) is 0 Å². The normalized spacial score (nSPS) is 28.7. The van der Waals surface area contributed by atoms with E-state index in [4.69, 9.17) is 63.0 Å². The first-order valence-electron chi connectivity index (χ1n) is 21.4. The molecule has 0 saturated carbocycles. The molecular weight excluding hydrogens is 923 g/mol. The van der Waals surface area contributed by atoms with Crippen LogP contribution < -0.4 is 9.47 Å². The summed E-state index contributed by atoms with van der Waals surface area (Å²) in [5.41, 5.74) is 0.884. The van der Waals surface area contributed by atoms with Gasteiger partial charge in [0.1, 0.15) is 24.2 Å². The number of likely N-dealkylation sites (tertiary alicyclic amines) is 1. The molecule has 6 aliphatic rings. The van der Waals surface area contributed by atoms with Gasteiger partial charge in [-0.2, -0.15) is 0 Å². The number of piperidine rings is 2. The van der Waals surface area contributed by atoms with Crippen LogP contribution in [0.2, 0.25) is 10.0 Å². The summed E-state index contributed by atoms with van der Waals surface area (Å²) in [6.07, 6.45) is 7.79. The van der Waals surface area contributed by atoms with Gasteiger partial charge in [-0.15, -0.1) is 11.8 Å². The van der Waals surface area contributed by atoms with Crippen LogP contribution in [0.15, 0.2) is 77.7 Å². The molecule has 0 amide bonds. The number of nitrogens with zero attached hydrogens (tertiary/aromatic N) is 2. The second-order valence-electron chi connectivity index (χ2n) is 16.4. The molecule has 4 bridgehead atoms. The molecule has 1 N–H and O–H groups in total. The molecule has 9 atom stereocenters. The number of benzene rings is 3. The van der Waals surface area contributed by atoms with E-state index in [9.17, 15) is 14.7 Å². The van der Waals surface area contributed by atoms with Gasteiger partial charge < -0.3 is 38.0 Å². The van der Waals surface area contributed by atoms with Crippen LogP contribution in [0.1, 0.15) is 61.0 Å². The fraction of sp³-hybridized carbons (Fsp3) is 0.522. The monoisotopic (exact) mass is 978 g/mol. The predicted octanol–water partition coefficient (Wildman–Crippen LogP) is 9.44. The van der Waals surface area contributed by atoms with E-state index in [1.165, 1.54) is 29.6 Å². The summed E-state index contributed by atoms with van der Waals surface area (Å²) in [5.74, 6) is 1.03. The Morgan fingerprint density at radius 2 is 1.75 bits per heavy atom. The largest absolute Gasteiger partial charge is 0.493 e. The predicted molar refractivity (Wildman–Crippen MR) is 255 cm³/mol. The molecular formula is C46H57Cl2N2O9PS3. The lowest BCUT2D eigenvalue weighted by Crippen LogP contribution is -2.64. The topological polar surface area (TPSA) is 116 Å². The van der Waals surface area contributed by atoms with Gasteiger partial charge in [-0.05, 0) is 114 Å². The van der Waals surface area contributed by atoms with Gasteiger partial charge in [-0.3, -0.25) is 9.69 Å². The third-order valence-corrected chi connectivity index (χ3v) is 21.0. The van der Waals surface area contributed by atoms with E-state index in [1.54, 1.807) is 55.3 Å². The zero-order valence-corrected chi connectivity index (χ0v) is 41.3. The Hall–Kier alpha value is -2.33. The number of thioether (sulfide) groups is 1. The van der Waals surface area contributed by atoms with E-state index < -0.39 is 23.8 Å². The smallest absolute Gasteiger partial charge is 0.338 e.